The molecule has 3 aromatic rings. The molecule has 0 aliphatic carbocycles. The number of halogens is 1. The summed E-state index contributed by atoms with van der Waals surface area (Å²) < 4.78 is 15.6. The summed E-state index contributed by atoms with van der Waals surface area (Å²) in [6.07, 6.45) is 0.727. The van der Waals surface area contributed by atoms with E-state index in [4.69, 9.17) is 5.11 Å². The molecule has 0 saturated carbocycles. The van der Waals surface area contributed by atoms with Gasteiger partial charge >= 0.3 is 5.97 Å². The van der Waals surface area contributed by atoms with Gasteiger partial charge in [-0.05, 0) is 43.7 Å². The Kier molecular flexibility index (Phi) is 10.4. The molecule has 3 rings (SSSR count). The predicted octanol–water partition coefficient (Wildman–Crippen LogP) is 5.18. The largest absolute Gasteiger partial charge is 0.537 e. The van der Waals surface area contributed by atoms with Crippen molar-refractivity contribution in [1.29, 1.82) is 0 Å². The Morgan fingerprint density at radius 3 is 2.32 bits per heavy atom. The number of nitrogens with zero attached hydrogens (tertiary/aromatic N) is 2. The standard InChI is InChI=1S/C24H26FNO4.C2H6NO/c1-15(2)26-21-6-4-3-5-20(21)24(16-7-9-17(25)10-8-16)22(26)12-11-18(27)13-19(28)14-23(29)30;1-3-4-2/h3-12,15,18-19,27-28H,13-14H2,1-2H3,(H,29,30);1-2H3/q;-1/b12-11+;/t18-,19-;/m1./s1. The average Bonchev–Trinajstić information content (AvgIpc) is 3.12. The van der Waals surface area contributed by atoms with E-state index in [0.717, 1.165) is 27.7 Å². The van der Waals surface area contributed by atoms with Crippen molar-refractivity contribution in [2.75, 3.05) is 14.2 Å². The van der Waals surface area contributed by atoms with Crippen molar-refractivity contribution in [3.8, 4) is 11.1 Å². The third kappa shape index (κ3) is 7.23. The van der Waals surface area contributed by atoms with Crippen LogP contribution in [0.2, 0.25) is 0 Å². The van der Waals surface area contributed by atoms with Crippen molar-refractivity contribution in [2.24, 2.45) is 0 Å². The number of hydrogen-bond acceptors (Lipinski definition) is 4. The fourth-order valence-corrected chi connectivity index (χ4v) is 3.77. The molecule has 0 saturated heterocycles. The minimum Gasteiger partial charge on any atom is -0.537 e. The summed E-state index contributed by atoms with van der Waals surface area (Å²) in [5.74, 6) is -1.43. The van der Waals surface area contributed by atoms with E-state index in [1.165, 1.54) is 19.2 Å². The van der Waals surface area contributed by atoms with Crippen molar-refractivity contribution < 1.29 is 29.3 Å². The number of benzene rings is 2. The Morgan fingerprint density at radius 1 is 1.15 bits per heavy atom. The topological polar surface area (TPSA) is 106 Å². The van der Waals surface area contributed by atoms with E-state index in [1.54, 1.807) is 31.3 Å². The Morgan fingerprint density at radius 2 is 1.76 bits per heavy atom. The summed E-state index contributed by atoms with van der Waals surface area (Å²) in [4.78, 5) is 14.9. The highest BCUT2D eigenvalue weighted by Crippen LogP contribution is 2.38. The second-order valence-electron chi connectivity index (χ2n) is 8.03. The molecule has 184 valence electrons. The van der Waals surface area contributed by atoms with Gasteiger partial charge in [-0.3, -0.25) is 4.79 Å². The van der Waals surface area contributed by atoms with Crippen LogP contribution in [0, 0.1) is 5.82 Å². The van der Waals surface area contributed by atoms with Gasteiger partial charge in [0.25, 0.3) is 0 Å². The van der Waals surface area contributed by atoms with Crippen LogP contribution in [0.25, 0.3) is 33.6 Å². The minimum absolute atomic E-state index is 0.0728. The Hall–Kier alpha value is -3.04. The van der Waals surface area contributed by atoms with Gasteiger partial charge in [-0.15, -0.1) is 7.05 Å². The lowest BCUT2D eigenvalue weighted by atomic mass is 10.0. The van der Waals surface area contributed by atoms with Gasteiger partial charge in [0.15, 0.2) is 0 Å². The van der Waals surface area contributed by atoms with Crippen LogP contribution in [0.3, 0.4) is 0 Å². The number of fused-ring (bicyclic) bond motifs is 1. The summed E-state index contributed by atoms with van der Waals surface area (Å²) in [5, 5.41) is 29.9. The lowest BCUT2D eigenvalue weighted by Gasteiger charge is -2.15. The summed E-state index contributed by atoms with van der Waals surface area (Å²) in [7, 11) is 3.10. The van der Waals surface area contributed by atoms with Gasteiger partial charge in [-0.1, -0.05) is 36.4 Å². The van der Waals surface area contributed by atoms with Crippen LogP contribution in [0.1, 0.15) is 38.4 Å². The first-order chi connectivity index (χ1) is 16.2. The molecule has 1 aromatic heterocycles. The zero-order valence-electron chi connectivity index (χ0n) is 19.9. The van der Waals surface area contributed by atoms with Crippen molar-refractivity contribution in [3.63, 3.8) is 0 Å². The van der Waals surface area contributed by atoms with Crippen LogP contribution in [0.5, 0.6) is 0 Å². The molecule has 2 atom stereocenters. The van der Waals surface area contributed by atoms with Crippen LogP contribution in [0.4, 0.5) is 4.39 Å². The highest BCUT2D eigenvalue weighted by atomic mass is 19.1. The highest BCUT2D eigenvalue weighted by molar-refractivity contribution is 6.01. The van der Waals surface area contributed by atoms with E-state index < -0.39 is 24.6 Å². The number of carbonyl (C=O) groups is 1. The molecular formula is C26H32FN2O5-. The first-order valence-electron chi connectivity index (χ1n) is 11.0. The molecule has 1 heterocycles. The van der Waals surface area contributed by atoms with Gasteiger partial charge in [0.05, 0.1) is 18.6 Å². The van der Waals surface area contributed by atoms with Gasteiger partial charge < -0.3 is 30.2 Å². The molecule has 0 spiro atoms. The molecule has 0 unspecified atom stereocenters. The third-order valence-electron chi connectivity index (χ3n) is 5.18. The monoisotopic (exact) mass is 471 g/mol. The molecule has 0 fully saturated rings. The number of aliphatic carboxylic acids is 1. The minimum atomic E-state index is -1.13. The van der Waals surface area contributed by atoms with Crippen LogP contribution in [-0.4, -0.2) is 52.2 Å². The maximum Gasteiger partial charge on any atom is 0.305 e. The highest BCUT2D eigenvalue weighted by Gasteiger charge is 2.19. The number of carboxylic acid groups (broad SMARTS) is 1. The van der Waals surface area contributed by atoms with Gasteiger partial charge in [0, 0.05) is 41.7 Å². The van der Waals surface area contributed by atoms with Crippen molar-refractivity contribution in [2.45, 2.75) is 44.9 Å². The Bertz CT molecular complexity index is 1090. The van der Waals surface area contributed by atoms with Gasteiger partial charge in [-0.2, -0.15) is 0 Å². The van der Waals surface area contributed by atoms with E-state index in [9.17, 15) is 19.4 Å². The lowest BCUT2D eigenvalue weighted by Crippen LogP contribution is -2.19. The summed E-state index contributed by atoms with van der Waals surface area (Å²) in [5.41, 5.74) is 6.89. The second-order valence-corrected chi connectivity index (χ2v) is 8.03. The second kappa shape index (κ2) is 13.0. The van der Waals surface area contributed by atoms with Crippen LogP contribution in [-0.2, 0) is 9.63 Å². The smallest absolute Gasteiger partial charge is 0.305 e. The first kappa shape index (κ1) is 27.2. The van der Waals surface area contributed by atoms with Crippen LogP contribution >= 0.6 is 0 Å². The van der Waals surface area contributed by atoms with E-state index in [2.05, 4.69) is 28.7 Å². The van der Waals surface area contributed by atoms with E-state index in [0.29, 0.717) is 0 Å². The maximum atomic E-state index is 13.5. The van der Waals surface area contributed by atoms with Crippen molar-refractivity contribution in [3.05, 3.63) is 71.6 Å². The fourth-order valence-electron chi connectivity index (χ4n) is 3.77. The number of rotatable bonds is 9. The normalized spacial score (nSPS) is 13.2. The third-order valence-corrected chi connectivity index (χ3v) is 5.18. The van der Waals surface area contributed by atoms with Gasteiger partial charge in [0.1, 0.15) is 5.82 Å². The SMILES string of the molecule is CC(C)n1c(/C=C/[C@@H](O)C[C@@H](O)CC(=O)O)c(-c2ccc(F)cc2)c2ccccc21.C[N-]OC. The summed E-state index contributed by atoms with van der Waals surface area (Å²) >= 11 is 0. The molecule has 3 N–H and O–H groups in total. The predicted molar refractivity (Wildman–Crippen MR) is 132 cm³/mol. The molecule has 0 amide bonds. The van der Waals surface area contributed by atoms with E-state index in [1.807, 2.05) is 24.3 Å². The summed E-state index contributed by atoms with van der Waals surface area (Å²) in [6, 6.07) is 14.4. The molecule has 0 aliphatic heterocycles. The zero-order chi connectivity index (χ0) is 25.3. The van der Waals surface area contributed by atoms with Crippen molar-refractivity contribution in [1.82, 2.24) is 4.57 Å². The molecule has 0 bridgehead atoms. The molecule has 34 heavy (non-hydrogen) atoms. The maximum absolute atomic E-state index is 13.5. The zero-order valence-corrected chi connectivity index (χ0v) is 19.9. The number of para-hydroxylation sites is 1. The Balaban J connectivity index is 0.000000945. The average molecular weight is 472 g/mol. The van der Waals surface area contributed by atoms with Gasteiger partial charge in [0.2, 0.25) is 0 Å². The van der Waals surface area contributed by atoms with E-state index in [-0.39, 0.29) is 18.3 Å². The molecule has 7 nitrogen and oxygen atoms in total. The first-order valence-corrected chi connectivity index (χ1v) is 11.0. The van der Waals surface area contributed by atoms with Crippen LogP contribution < -0.4 is 0 Å². The molecule has 0 radical (unpaired) electrons. The quantitative estimate of drug-likeness (QED) is 0.373. The van der Waals surface area contributed by atoms with Crippen LogP contribution in [0.15, 0.2) is 54.6 Å². The van der Waals surface area contributed by atoms with E-state index >= 15 is 0 Å². The number of carboxylic acids is 1. The molecule has 0 aliphatic rings. The number of aliphatic hydroxyl groups is 2. The number of hydroxylamine groups is 1. The molecular weight excluding hydrogens is 439 g/mol. The lowest BCUT2D eigenvalue weighted by molar-refractivity contribution is -0.139. The number of aromatic nitrogens is 1. The fraction of sp³-hybridized carbons (Fsp3) is 0.346. The van der Waals surface area contributed by atoms with Gasteiger partial charge in [-0.25, -0.2) is 4.39 Å². The number of aliphatic hydroxyl groups excluding tert-OH is 2. The van der Waals surface area contributed by atoms with Crippen molar-refractivity contribution >= 4 is 22.9 Å². The summed E-state index contributed by atoms with van der Waals surface area (Å²) in [6.45, 7) is 4.12. The molecule has 2 aromatic carbocycles. The molecule has 8 heteroatoms. The Labute approximate surface area is 199 Å². The number of hydrogen-bond donors (Lipinski definition) is 3.